The quantitative estimate of drug-likeness (QED) is 0.681. The van der Waals surface area contributed by atoms with Crippen molar-refractivity contribution < 1.29 is 10.2 Å². The van der Waals surface area contributed by atoms with Gasteiger partial charge in [0.1, 0.15) is 0 Å². The van der Waals surface area contributed by atoms with Crippen LogP contribution in [0.3, 0.4) is 0 Å². The van der Waals surface area contributed by atoms with E-state index in [1.54, 1.807) is 0 Å². The van der Waals surface area contributed by atoms with Gasteiger partial charge in [-0.3, -0.25) is 0 Å². The van der Waals surface area contributed by atoms with Gasteiger partial charge in [-0.1, -0.05) is 20.8 Å². The average molecular weight is 238 g/mol. The number of fused-ring (bicyclic) bond motifs is 1. The molecule has 0 heterocycles. The van der Waals surface area contributed by atoms with Crippen LogP contribution in [0.5, 0.6) is 0 Å². The Labute approximate surface area is 104 Å². The van der Waals surface area contributed by atoms with E-state index >= 15 is 0 Å². The van der Waals surface area contributed by atoms with Gasteiger partial charge in [0.05, 0.1) is 12.2 Å². The van der Waals surface area contributed by atoms with Crippen LogP contribution in [0.25, 0.3) is 0 Å². The Bertz CT molecular complexity index is 338. The summed E-state index contributed by atoms with van der Waals surface area (Å²) in [5, 5.41) is 20.8. The Balaban J connectivity index is 2.00. The van der Waals surface area contributed by atoms with E-state index in [2.05, 4.69) is 20.8 Å². The van der Waals surface area contributed by atoms with Crippen molar-refractivity contribution in [1.82, 2.24) is 0 Å². The summed E-state index contributed by atoms with van der Waals surface area (Å²) in [4.78, 5) is 0. The highest BCUT2D eigenvalue weighted by Gasteiger charge is 2.64. The molecular weight excluding hydrogens is 212 g/mol. The topological polar surface area (TPSA) is 40.5 Å². The van der Waals surface area contributed by atoms with E-state index in [9.17, 15) is 10.2 Å². The van der Waals surface area contributed by atoms with Crippen molar-refractivity contribution in [3.05, 3.63) is 0 Å². The monoisotopic (exact) mass is 238 g/mol. The fraction of sp³-hybridized carbons (Fsp3) is 1.00. The zero-order chi connectivity index (χ0) is 12.5. The molecule has 1 spiro atoms. The predicted molar refractivity (Wildman–Crippen MR) is 67.5 cm³/mol. The Morgan fingerprint density at radius 3 is 2.35 bits per heavy atom. The van der Waals surface area contributed by atoms with Gasteiger partial charge >= 0.3 is 0 Å². The summed E-state index contributed by atoms with van der Waals surface area (Å²) in [6, 6.07) is 0. The first-order valence-corrected chi connectivity index (χ1v) is 7.16. The summed E-state index contributed by atoms with van der Waals surface area (Å²) in [7, 11) is 0. The fourth-order valence-electron chi connectivity index (χ4n) is 5.56. The SMILES string of the molecule is CC1(C)C[C@H](O)[C@]23CC[C@H](O)[C@](C)(CC[C@@H]12)C3. The Kier molecular flexibility index (Phi) is 2.30. The van der Waals surface area contributed by atoms with Crippen molar-refractivity contribution in [2.75, 3.05) is 0 Å². The molecule has 0 aliphatic heterocycles. The average Bonchev–Trinajstić information content (AvgIpc) is 2.41. The first kappa shape index (κ1) is 12.0. The molecule has 0 aromatic rings. The van der Waals surface area contributed by atoms with E-state index in [4.69, 9.17) is 0 Å². The van der Waals surface area contributed by atoms with Gasteiger partial charge in [0.25, 0.3) is 0 Å². The second kappa shape index (κ2) is 3.27. The van der Waals surface area contributed by atoms with E-state index < -0.39 is 0 Å². The molecule has 3 aliphatic rings. The number of aliphatic hydroxyl groups excluding tert-OH is 2. The molecule has 3 rings (SSSR count). The fourth-order valence-corrected chi connectivity index (χ4v) is 5.56. The van der Waals surface area contributed by atoms with Crippen LogP contribution in [-0.2, 0) is 0 Å². The van der Waals surface area contributed by atoms with Crippen LogP contribution in [0.2, 0.25) is 0 Å². The Morgan fingerprint density at radius 2 is 1.65 bits per heavy atom. The normalized spacial score (nSPS) is 56.6. The van der Waals surface area contributed by atoms with Crippen LogP contribution in [0.1, 0.15) is 59.3 Å². The minimum Gasteiger partial charge on any atom is -0.393 e. The maximum absolute atomic E-state index is 10.6. The Morgan fingerprint density at radius 1 is 0.941 bits per heavy atom. The summed E-state index contributed by atoms with van der Waals surface area (Å²) < 4.78 is 0. The number of hydrogen-bond donors (Lipinski definition) is 2. The molecule has 2 bridgehead atoms. The van der Waals surface area contributed by atoms with E-state index in [1.807, 2.05) is 0 Å². The number of hydrogen-bond acceptors (Lipinski definition) is 2. The van der Waals surface area contributed by atoms with Gasteiger partial charge in [-0.2, -0.15) is 0 Å². The largest absolute Gasteiger partial charge is 0.393 e. The summed E-state index contributed by atoms with van der Waals surface area (Å²) in [6.45, 7) is 6.87. The molecule has 0 aromatic carbocycles. The lowest BCUT2D eigenvalue weighted by Gasteiger charge is -2.57. The van der Waals surface area contributed by atoms with Crippen molar-refractivity contribution in [3.8, 4) is 0 Å². The third kappa shape index (κ3) is 1.40. The molecule has 0 radical (unpaired) electrons. The van der Waals surface area contributed by atoms with E-state index in [0.29, 0.717) is 5.92 Å². The van der Waals surface area contributed by atoms with Gasteiger partial charge in [-0.25, -0.2) is 0 Å². The lowest BCUT2D eigenvalue weighted by atomic mass is 9.49. The summed E-state index contributed by atoms with van der Waals surface area (Å²) in [6.07, 6.45) is 5.94. The van der Waals surface area contributed by atoms with Crippen molar-refractivity contribution >= 4 is 0 Å². The molecule has 2 N–H and O–H groups in total. The Hall–Kier alpha value is -0.0800. The predicted octanol–water partition coefficient (Wildman–Crippen LogP) is 2.72. The maximum atomic E-state index is 10.6. The molecule has 17 heavy (non-hydrogen) atoms. The third-order valence-electron chi connectivity index (χ3n) is 6.45. The smallest absolute Gasteiger partial charge is 0.0604 e. The van der Waals surface area contributed by atoms with Gasteiger partial charge in [-0.15, -0.1) is 0 Å². The van der Waals surface area contributed by atoms with Gasteiger partial charge in [-0.05, 0) is 55.3 Å². The molecular formula is C15H26O2. The number of rotatable bonds is 0. The summed E-state index contributed by atoms with van der Waals surface area (Å²) >= 11 is 0. The second-order valence-corrected chi connectivity index (χ2v) is 7.92. The van der Waals surface area contributed by atoms with Crippen LogP contribution in [0.4, 0.5) is 0 Å². The van der Waals surface area contributed by atoms with Gasteiger partial charge < -0.3 is 10.2 Å². The minimum atomic E-state index is -0.148. The van der Waals surface area contributed by atoms with Gasteiger partial charge in [0.2, 0.25) is 0 Å². The molecule has 2 heteroatoms. The van der Waals surface area contributed by atoms with E-state index in [1.165, 1.54) is 6.42 Å². The zero-order valence-corrected chi connectivity index (χ0v) is 11.4. The molecule has 3 saturated carbocycles. The van der Waals surface area contributed by atoms with Gasteiger partial charge in [0, 0.05) is 5.41 Å². The maximum Gasteiger partial charge on any atom is 0.0604 e. The van der Waals surface area contributed by atoms with Crippen molar-refractivity contribution in [2.24, 2.45) is 22.2 Å². The lowest BCUT2D eigenvalue weighted by molar-refractivity contribution is -0.144. The van der Waals surface area contributed by atoms with Crippen LogP contribution < -0.4 is 0 Å². The van der Waals surface area contributed by atoms with Crippen LogP contribution in [0.15, 0.2) is 0 Å². The molecule has 0 unspecified atom stereocenters. The van der Waals surface area contributed by atoms with Crippen LogP contribution in [-0.4, -0.2) is 22.4 Å². The highest BCUT2D eigenvalue weighted by molar-refractivity contribution is 5.14. The van der Waals surface area contributed by atoms with Crippen LogP contribution >= 0.6 is 0 Å². The molecule has 0 aromatic heterocycles. The van der Waals surface area contributed by atoms with Crippen molar-refractivity contribution in [2.45, 2.75) is 71.5 Å². The molecule has 0 amide bonds. The zero-order valence-electron chi connectivity index (χ0n) is 11.4. The molecule has 5 atom stereocenters. The summed E-state index contributed by atoms with van der Waals surface area (Å²) in [5.74, 6) is 0.658. The van der Waals surface area contributed by atoms with Crippen LogP contribution in [0, 0.1) is 22.2 Å². The first-order valence-electron chi connectivity index (χ1n) is 7.16. The highest BCUT2D eigenvalue weighted by atomic mass is 16.3. The van der Waals surface area contributed by atoms with Crippen molar-refractivity contribution in [1.29, 1.82) is 0 Å². The second-order valence-electron chi connectivity index (χ2n) is 7.92. The van der Waals surface area contributed by atoms with E-state index in [-0.39, 0.29) is 28.5 Å². The number of aliphatic hydroxyl groups is 2. The minimum absolute atomic E-state index is 0.0656. The van der Waals surface area contributed by atoms with Gasteiger partial charge in [0.15, 0.2) is 0 Å². The molecule has 3 fully saturated rings. The lowest BCUT2D eigenvalue weighted by Crippen LogP contribution is -2.54. The molecule has 98 valence electrons. The molecule has 3 aliphatic carbocycles. The standard InChI is InChI=1S/C15H26O2/c1-13(2)8-12(17)15-7-5-11(16)14(3,9-15)6-4-10(13)15/h10-12,16-17H,4-9H2,1-3H3/t10-,11-,12-,14+,15-/m0/s1. The van der Waals surface area contributed by atoms with Crippen molar-refractivity contribution in [3.63, 3.8) is 0 Å². The summed E-state index contributed by atoms with van der Waals surface area (Å²) in [5.41, 5.74) is 0.467. The highest BCUT2D eigenvalue weighted by Crippen LogP contribution is 2.68. The third-order valence-corrected chi connectivity index (χ3v) is 6.45. The molecule has 2 nitrogen and oxygen atoms in total. The molecule has 0 saturated heterocycles. The first-order chi connectivity index (χ1) is 7.80. The van der Waals surface area contributed by atoms with E-state index in [0.717, 1.165) is 32.1 Å².